The molecule has 0 heterocycles. The molecule has 1 amide bonds. The first-order valence-corrected chi connectivity index (χ1v) is 9.08. The fourth-order valence-electron chi connectivity index (χ4n) is 2.08. The second-order valence-corrected chi connectivity index (χ2v) is 7.93. The Morgan fingerprint density at radius 1 is 1.05 bits per heavy atom. The molecule has 4 nitrogen and oxygen atoms in total. The van der Waals surface area contributed by atoms with Gasteiger partial charge >= 0.3 is 0 Å². The lowest BCUT2D eigenvalue weighted by molar-refractivity contribution is -0.113. The average molecular weight is 382 g/mol. The van der Waals surface area contributed by atoms with E-state index in [0.717, 1.165) is 15.6 Å². The van der Waals surface area contributed by atoms with Crippen LogP contribution in [0.5, 0.6) is 0 Å². The van der Waals surface area contributed by atoms with Crippen molar-refractivity contribution >= 4 is 37.4 Å². The maximum atomic E-state index is 12.2. The fourth-order valence-corrected chi connectivity index (χ4v) is 3.48. The van der Waals surface area contributed by atoms with Crippen molar-refractivity contribution in [2.24, 2.45) is 0 Å². The Kier molecular flexibility index (Phi) is 5.03. The summed E-state index contributed by atoms with van der Waals surface area (Å²) in [5.41, 5.74) is 2.46. The number of nitrogens with one attached hydrogen (secondary N) is 1. The van der Waals surface area contributed by atoms with Crippen LogP contribution in [-0.2, 0) is 14.6 Å². The molecule has 22 heavy (non-hydrogen) atoms. The third kappa shape index (κ3) is 3.96. The van der Waals surface area contributed by atoms with Crippen molar-refractivity contribution in [3.05, 3.63) is 58.1 Å². The Hall–Kier alpha value is -1.66. The number of carbonyl (C=O) groups is 1. The normalized spacial score (nSPS) is 11.2. The van der Waals surface area contributed by atoms with Gasteiger partial charge in [-0.05, 0) is 49.2 Å². The van der Waals surface area contributed by atoms with Gasteiger partial charge in [0.15, 0.2) is 9.84 Å². The van der Waals surface area contributed by atoms with E-state index in [-0.39, 0.29) is 4.90 Å². The summed E-state index contributed by atoms with van der Waals surface area (Å²) in [4.78, 5) is 12.2. The highest BCUT2D eigenvalue weighted by Gasteiger charge is 2.20. The van der Waals surface area contributed by atoms with Crippen molar-refractivity contribution in [1.29, 1.82) is 0 Å². The van der Waals surface area contributed by atoms with Crippen molar-refractivity contribution in [1.82, 2.24) is 0 Å². The number of aryl methyl sites for hydroxylation is 2. The summed E-state index contributed by atoms with van der Waals surface area (Å²) in [6.07, 6.45) is 0. The molecule has 0 radical (unpaired) electrons. The van der Waals surface area contributed by atoms with Crippen LogP contribution < -0.4 is 5.32 Å². The quantitative estimate of drug-likeness (QED) is 0.881. The highest BCUT2D eigenvalue weighted by atomic mass is 79.9. The molecule has 116 valence electrons. The molecule has 2 rings (SSSR count). The van der Waals surface area contributed by atoms with Crippen molar-refractivity contribution < 1.29 is 13.2 Å². The van der Waals surface area contributed by atoms with E-state index in [2.05, 4.69) is 21.2 Å². The molecule has 0 saturated heterocycles. The molecule has 2 aromatic carbocycles. The van der Waals surface area contributed by atoms with Crippen LogP contribution in [0.2, 0.25) is 0 Å². The van der Waals surface area contributed by atoms with Crippen molar-refractivity contribution in [3.8, 4) is 0 Å². The number of hydrogen-bond donors (Lipinski definition) is 1. The van der Waals surface area contributed by atoms with Crippen molar-refractivity contribution in [2.45, 2.75) is 18.7 Å². The Labute approximate surface area is 138 Å². The predicted octanol–water partition coefficient (Wildman–Crippen LogP) is 3.48. The Morgan fingerprint density at radius 3 is 2.14 bits per heavy atom. The molecule has 0 bridgehead atoms. The molecule has 0 aliphatic heterocycles. The first kappa shape index (κ1) is 16.7. The lowest BCUT2D eigenvalue weighted by atomic mass is 10.1. The molecule has 0 aliphatic rings. The maximum Gasteiger partial charge on any atom is 0.239 e. The fraction of sp³-hybridized carbons (Fsp3) is 0.188. The lowest BCUT2D eigenvalue weighted by Crippen LogP contribution is -2.23. The minimum atomic E-state index is -3.65. The van der Waals surface area contributed by atoms with E-state index in [9.17, 15) is 13.2 Å². The van der Waals surface area contributed by atoms with Crippen LogP contribution in [0.15, 0.2) is 51.8 Å². The number of rotatable bonds is 4. The number of anilines is 1. The third-order valence-corrected chi connectivity index (χ3v) is 5.40. The molecular formula is C16H16BrNO3S. The summed E-state index contributed by atoms with van der Waals surface area (Å²) in [5.74, 6) is -1.12. The van der Waals surface area contributed by atoms with Gasteiger partial charge in [-0.15, -0.1) is 0 Å². The zero-order valence-electron chi connectivity index (χ0n) is 12.3. The van der Waals surface area contributed by atoms with E-state index in [1.165, 1.54) is 12.1 Å². The number of benzene rings is 2. The van der Waals surface area contributed by atoms with Crippen LogP contribution in [-0.4, -0.2) is 20.1 Å². The Morgan fingerprint density at radius 2 is 1.59 bits per heavy atom. The van der Waals surface area contributed by atoms with Gasteiger partial charge in [0.05, 0.1) is 4.90 Å². The highest BCUT2D eigenvalue weighted by Crippen LogP contribution is 2.20. The molecule has 0 atom stereocenters. The van der Waals surface area contributed by atoms with E-state index in [1.54, 1.807) is 12.1 Å². The van der Waals surface area contributed by atoms with Gasteiger partial charge in [-0.1, -0.05) is 34.1 Å². The standard InChI is InChI=1S/C16H16BrNO3S/c1-11-4-3-5-12(2)16(11)18-15(19)10-22(20,21)14-8-6-13(17)7-9-14/h3-9H,10H2,1-2H3,(H,18,19). The van der Waals surface area contributed by atoms with Gasteiger partial charge in [-0.2, -0.15) is 0 Å². The molecule has 0 aliphatic carbocycles. The van der Waals surface area contributed by atoms with Crippen molar-refractivity contribution in [2.75, 3.05) is 11.1 Å². The summed E-state index contributed by atoms with van der Waals surface area (Å²) in [5, 5.41) is 2.69. The number of para-hydroxylation sites is 1. The highest BCUT2D eigenvalue weighted by molar-refractivity contribution is 9.10. The van der Waals surface area contributed by atoms with E-state index >= 15 is 0 Å². The van der Waals surface area contributed by atoms with Gasteiger partial charge in [0.25, 0.3) is 0 Å². The van der Waals surface area contributed by atoms with E-state index in [0.29, 0.717) is 5.69 Å². The second-order valence-electron chi connectivity index (χ2n) is 5.03. The molecule has 2 aromatic rings. The SMILES string of the molecule is Cc1cccc(C)c1NC(=O)CS(=O)(=O)c1ccc(Br)cc1. The van der Waals surface area contributed by atoms with Gasteiger partial charge in [-0.25, -0.2) is 8.42 Å². The molecule has 0 saturated carbocycles. The van der Waals surface area contributed by atoms with E-state index in [4.69, 9.17) is 0 Å². The lowest BCUT2D eigenvalue weighted by Gasteiger charge is -2.11. The first-order valence-electron chi connectivity index (χ1n) is 6.64. The molecule has 0 unspecified atom stereocenters. The molecule has 0 spiro atoms. The number of carbonyl (C=O) groups excluding carboxylic acids is 1. The Balaban J connectivity index is 2.16. The monoisotopic (exact) mass is 381 g/mol. The topological polar surface area (TPSA) is 63.2 Å². The van der Waals surface area contributed by atoms with Gasteiger partial charge in [0.1, 0.15) is 5.75 Å². The smallest absolute Gasteiger partial charge is 0.239 e. The zero-order chi connectivity index (χ0) is 16.3. The second kappa shape index (κ2) is 6.62. The van der Waals surface area contributed by atoms with Gasteiger partial charge in [0.2, 0.25) is 5.91 Å². The summed E-state index contributed by atoms with van der Waals surface area (Å²) >= 11 is 3.25. The van der Waals surface area contributed by atoms with Crippen LogP contribution in [0.3, 0.4) is 0 Å². The first-order chi connectivity index (χ1) is 10.3. The molecular weight excluding hydrogens is 366 g/mol. The number of hydrogen-bond acceptors (Lipinski definition) is 3. The maximum absolute atomic E-state index is 12.2. The zero-order valence-corrected chi connectivity index (χ0v) is 14.7. The predicted molar refractivity (Wildman–Crippen MR) is 90.7 cm³/mol. The average Bonchev–Trinajstić information content (AvgIpc) is 2.43. The van der Waals surface area contributed by atoms with Crippen LogP contribution >= 0.6 is 15.9 Å². The van der Waals surface area contributed by atoms with Gasteiger partial charge in [0, 0.05) is 10.2 Å². The van der Waals surface area contributed by atoms with Crippen LogP contribution in [0.1, 0.15) is 11.1 Å². The minimum Gasteiger partial charge on any atom is -0.325 e. The van der Waals surface area contributed by atoms with E-state index < -0.39 is 21.5 Å². The molecule has 0 fully saturated rings. The third-order valence-electron chi connectivity index (χ3n) is 3.24. The summed E-state index contributed by atoms with van der Waals surface area (Å²) in [6, 6.07) is 11.8. The minimum absolute atomic E-state index is 0.132. The summed E-state index contributed by atoms with van der Waals surface area (Å²) in [6.45, 7) is 3.73. The van der Waals surface area contributed by atoms with Crippen LogP contribution in [0.4, 0.5) is 5.69 Å². The van der Waals surface area contributed by atoms with Gasteiger partial charge < -0.3 is 5.32 Å². The van der Waals surface area contributed by atoms with Crippen LogP contribution in [0, 0.1) is 13.8 Å². The summed E-state index contributed by atoms with van der Waals surface area (Å²) < 4.78 is 25.3. The van der Waals surface area contributed by atoms with E-state index in [1.807, 2.05) is 32.0 Å². The molecule has 6 heteroatoms. The number of sulfone groups is 1. The van der Waals surface area contributed by atoms with Gasteiger partial charge in [-0.3, -0.25) is 4.79 Å². The van der Waals surface area contributed by atoms with Crippen LogP contribution in [0.25, 0.3) is 0 Å². The van der Waals surface area contributed by atoms with Crippen molar-refractivity contribution in [3.63, 3.8) is 0 Å². The Bertz CT molecular complexity index is 778. The number of halogens is 1. The molecule has 0 aromatic heterocycles. The molecule has 1 N–H and O–H groups in total. The largest absolute Gasteiger partial charge is 0.325 e. The number of amides is 1. The summed E-state index contributed by atoms with van der Waals surface area (Å²) in [7, 11) is -3.65.